The summed E-state index contributed by atoms with van der Waals surface area (Å²) in [5.41, 5.74) is 4.39. The molecular weight excluding hydrogens is 350 g/mol. The highest BCUT2D eigenvalue weighted by Crippen LogP contribution is 2.33. The molecule has 0 N–H and O–H groups in total. The third kappa shape index (κ3) is 5.07. The number of hydrogen-bond donors (Lipinski definition) is 0. The molecule has 0 amide bonds. The summed E-state index contributed by atoms with van der Waals surface area (Å²) in [6.45, 7) is 4.01. The Labute approximate surface area is 164 Å². The normalized spacial score (nSPS) is 11.3. The average Bonchev–Trinajstić information content (AvgIpc) is 2.73. The maximum Gasteiger partial charge on any atom is 0.222 e. The molecule has 1 unspecified atom stereocenters. The van der Waals surface area contributed by atoms with E-state index in [9.17, 15) is 4.79 Å². The summed E-state index contributed by atoms with van der Waals surface area (Å²) in [5, 5.41) is 0.0993. The fraction of sp³-hybridized carbons (Fsp3) is 0.125. The summed E-state index contributed by atoms with van der Waals surface area (Å²) in [5.74, 6) is 3.08. The van der Waals surface area contributed by atoms with Crippen molar-refractivity contribution >= 4 is 34.0 Å². The van der Waals surface area contributed by atoms with Gasteiger partial charge in [0.1, 0.15) is 0 Å². The predicted molar refractivity (Wildman–Crippen MR) is 116 cm³/mol. The first-order valence-corrected chi connectivity index (χ1v) is 9.74. The second-order valence-corrected chi connectivity index (χ2v) is 7.50. The summed E-state index contributed by atoms with van der Waals surface area (Å²) in [7, 11) is 0. The number of allylic oxidation sites excluding steroid dienone is 1. The van der Waals surface area contributed by atoms with Gasteiger partial charge in [-0.25, -0.2) is 4.99 Å². The fourth-order valence-corrected chi connectivity index (χ4v) is 3.57. The van der Waals surface area contributed by atoms with Gasteiger partial charge in [-0.3, -0.25) is 4.79 Å². The van der Waals surface area contributed by atoms with E-state index in [4.69, 9.17) is 0 Å². The van der Waals surface area contributed by atoms with Crippen LogP contribution < -0.4 is 0 Å². The molecule has 0 bridgehead atoms. The van der Waals surface area contributed by atoms with Gasteiger partial charge in [0.05, 0.1) is 11.3 Å². The number of thioether (sulfide) groups is 1. The monoisotopic (exact) mass is 371 g/mol. The Morgan fingerprint density at radius 2 is 1.48 bits per heavy atom. The lowest BCUT2D eigenvalue weighted by Crippen LogP contribution is -1.98. The standard InChI is InChI=1S/C24H21NOS/c1-18(20-11-5-3-6-12-20)17-25-23-16-10-9-15-22(23)24(26)27-19(2)21-13-7-4-8-14-21/h3-16,19H,1-2H3. The van der Waals surface area contributed by atoms with E-state index in [2.05, 4.69) is 10.9 Å². The maximum absolute atomic E-state index is 12.8. The first kappa shape index (κ1) is 18.9. The van der Waals surface area contributed by atoms with E-state index >= 15 is 0 Å². The van der Waals surface area contributed by atoms with E-state index in [1.165, 1.54) is 11.8 Å². The van der Waals surface area contributed by atoms with Gasteiger partial charge in [-0.15, -0.1) is 0 Å². The Hall–Kier alpha value is -2.87. The summed E-state index contributed by atoms with van der Waals surface area (Å²) >= 11 is 1.32. The van der Waals surface area contributed by atoms with Gasteiger partial charge in [0.25, 0.3) is 0 Å². The van der Waals surface area contributed by atoms with E-state index in [0.29, 0.717) is 11.3 Å². The quantitative estimate of drug-likeness (QED) is 0.466. The van der Waals surface area contributed by atoms with Crippen molar-refractivity contribution in [1.82, 2.24) is 0 Å². The molecule has 0 saturated carbocycles. The van der Waals surface area contributed by atoms with Crippen LogP contribution in [0.15, 0.2) is 89.9 Å². The van der Waals surface area contributed by atoms with Gasteiger partial charge in [-0.05, 0) is 43.0 Å². The molecule has 3 heteroatoms. The lowest BCUT2D eigenvalue weighted by atomic mass is 10.1. The van der Waals surface area contributed by atoms with Crippen LogP contribution >= 0.6 is 11.8 Å². The van der Waals surface area contributed by atoms with Crippen LogP contribution in [0.5, 0.6) is 0 Å². The van der Waals surface area contributed by atoms with Crippen LogP contribution in [0.25, 0.3) is 5.57 Å². The molecule has 0 aliphatic rings. The van der Waals surface area contributed by atoms with Gasteiger partial charge >= 0.3 is 0 Å². The molecule has 3 aromatic rings. The van der Waals surface area contributed by atoms with Crippen LogP contribution in [0, 0.1) is 0 Å². The minimum atomic E-state index is 0.0184. The minimum absolute atomic E-state index is 0.0184. The molecule has 0 spiro atoms. The second kappa shape index (κ2) is 9.18. The van der Waals surface area contributed by atoms with E-state index in [1.807, 2.05) is 98.8 Å². The van der Waals surface area contributed by atoms with Gasteiger partial charge < -0.3 is 0 Å². The largest absolute Gasteiger partial charge is 0.281 e. The SMILES string of the molecule is CC(=C=Nc1ccccc1C(=O)SC(C)c1ccccc1)c1ccccc1. The number of benzene rings is 3. The third-order valence-corrected chi connectivity index (χ3v) is 5.29. The van der Waals surface area contributed by atoms with E-state index in [1.54, 1.807) is 0 Å². The number of hydrogen-bond acceptors (Lipinski definition) is 3. The fourth-order valence-electron chi connectivity index (χ4n) is 2.66. The van der Waals surface area contributed by atoms with E-state index in [-0.39, 0.29) is 10.4 Å². The highest BCUT2D eigenvalue weighted by molar-refractivity contribution is 8.14. The molecule has 0 fully saturated rings. The minimum Gasteiger partial charge on any atom is -0.281 e. The van der Waals surface area contributed by atoms with Crippen molar-refractivity contribution in [2.45, 2.75) is 19.1 Å². The zero-order chi connectivity index (χ0) is 19.1. The number of nitrogens with zero attached hydrogens (tertiary/aromatic N) is 1. The third-order valence-electron chi connectivity index (χ3n) is 4.23. The molecule has 3 rings (SSSR count). The molecule has 0 aliphatic heterocycles. The Morgan fingerprint density at radius 1 is 0.889 bits per heavy atom. The Balaban J connectivity index is 1.83. The molecular formula is C24H21NOS. The highest BCUT2D eigenvalue weighted by atomic mass is 32.2. The smallest absolute Gasteiger partial charge is 0.222 e. The number of rotatable bonds is 5. The summed E-state index contributed by atoms with van der Waals surface area (Å²) < 4.78 is 0. The van der Waals surface area contributed by atoms with Crippen LogP contribution in [-0.2, 0) is 0 Å². The van der Waals surface area contributed by atoms with Crippen molar-refractivity contribution in [3.63, 3.8) is 0 Å². The summed E-state index contributed by atoms with van der Waals surface area (Å²) in [4.78, 5) is 17.3. The molecule has 134 valence electrons. The predicted octanol–water partition coefficient (Wildman–Crippen LogP) is 6.73. The van der Waals surface area contributed by atoms with E-state index < -0.39 is 0 Å². The van der Waals surface area contributed by atoms with Crippen LogP contribution in [-0.4, -0.2) is 11.0 Å². The molecule has 2 nitrogen and oxygen atoms in total. The molecule has 3 aromatic carbocycles. The molecule has 0 heterocycles. The molecule has 0 aromatic heterocycles. The van der Waals surface area contributed by atoms with Gasteiger partial charge in [0.2, 0.25) is 5.12 Å². The zero-order valence-corrected chi connectivity index (χ0v) is 16.2. The van der Waals surface area contributed by atoms with Crippen molar-refractivity contribution in [1.29, 1.82) is 0 Å². The number of carbonyl (C=O) groups is 1. The maximum atomic E-state index is 12.8. The lowest BCUT2D eigenvalue weighted by Gasteiger charge is -2.11. The van der Waals surface area contributed by atoms with Crippen LogP contribution in [0.2, 0.25) is 0 Å². The van der Waals surface area contributed by atoms with Crippen molar-refractivity contribution in [3.8, 4) is 0 Å². The Kier molecular flexibility index (Phi) is 6.43. The number of aliphatic imine (C=N–C) groups is 1. The molecule has 1 atom stereocenters. The Bertz CT molecular complexity index is 974. The van der Waals surface area contributed by atoms with Crippen molar-refractivity contribution in [3.05, 3.63) is 102 Å². The zero-order valence-electron chi connectivity index (χ0n) is 15.4. The molecule has 0 aliphatic carbocycles. The highest BCUT2D eigenvalue weighted by Gasteiger charge is 2.16. The molecule has 27 heavy (non-hydrogen) atoms. The first-order chi connectivity index (χ1) is 13.1. The van der Waals surface area contributed by atoms with Crippen LogP contribution in [0.1, 0.15) is 40.6 Å². The molecule has 0 radical (unpaired) electrons. The van der Waals surface area contributed by atoms with Gasteiger partial charge in [0.15, 0.2) is 0 Å². The van der Waals surface area contributed by atoms with Crippen molar-refractivity contribution < 1.29 is 4.79 Å². The van der Waals surface area contributed by atoms with Crippen LogP contribution in [0.4, 0.5) is 5.69 Å². The topological polar surface area (TPSA) is 29.4 Å². The molecule has 0 saturated heterocycles. The van der Waals surface area contributed by atoms with E-state index in [0.717, 1.165) is 16.7 Å². The van der Waals surface area contributed by atoms with Gasteiger partial charge in [-0.1, -0.05) is 84.6 Å². The van der Waals surface area contributed by atoms with Crippen LogP contribution in [0.3, 0.4) is 0 Å². The lowest BCUT2D eigenvalue weighted by molar-refractivity contribution is 0.108. The summed E-state index contributed by atoms with van der Waals surface area (Å²) in [6.07, 6.45) is 0. The first-order valence-electron chi connectivity index (χ1n) is 8.86. The van der Waals surface area contributed by atoms with Gasteiger partial charge in [-0.2, -0.15) is 0 Å². The van der Waals surface area contributed by atoms with Gasteiger partial charge in [0, 0.05) is 10.8 Å². The van der Waals surface area contributed by atoms with Crippen molar-refractivity contribution in [2.24, 2.45) is 4.99 Å². The number of carbonyl (C=O) groups excluding carboxylic acids is 1. The number of para-hydroxylation sites is 1. The Morgan fingerprint density at radius 3 is 2.19 bits per heavy atom. The van der Waals surface area contributed by atoms with Crippen molar-refractivity contribution in [2.75, 3.05) is 0 Å². The average molecular weight is 372 g/mol. The summed E-state index contributed by atoms with van der Waals surface area (Å²) in [6, 6.07) is 27.5. The second-order valence-electron chi connectivity index (χ2n) is 6.19.